The Kier molecular flexibility index (Phi) is 17.6. The van der Waals surface area contributed by atoms with E-state index in [4.69, 9.17) is 14.2 Å². The summed E-state index contributed by atoms with van der Waals surface area (Å²) in [5.41, 5.74) is 0. The molecule has 0 saturated carbocycles. The number of hydrogen-bond donors (Lipinski definition) is 0. The summed E-state index contributed by atoms with van der Waals surface area (Å²) < 4.78 is 17.1. The van der Waals surface area contributed by atoms with Crippen molar-refractivity contribution in [3.05, 3.63) is 0 Å². The fourth-order valence-electron chi connectivity index (χ4n) is 3.06. The highest BCUT2D eigenvalue weighted by Gasteiger charge is 2.26. The quantitative estimate of drug-likeness (QED) is 0.0883. The minimum Gasteiger partial charge on any atom is -0.466 e. The maximum Gasteiger partial charge on any atom is 0.303 e. The molecule has 0 aromatic heterocycles. The minimum atomic E-state index is -0.399. The second kappa shape index (κ2) is 18.2. The predicted molar refractivity (Wildman–Crippen MR) is 117 cm³/mol. The summed E-state index contributed by atoms with van der Waals surface area (Å²) in [5, 5.41) is 0. The molecule has 164 valence electrons. The predicted octanol–water partition coefficient (Wildman–Crippen LogP) is 5.14. The smallest absolute Gasteiger partial charge is 0.303 e. The van der Waals surface area contributed by atoms with E-state index >= 15 is 0 Å². The number of halogens is 1. The molecule has 6 nitrogen and oxygen atoms in total. The third kappa shape index (κ3) is 17.3. The van der Waals surface area contributed by atoms with Gasteiger partial charge in [-0.2, -0.15) is 0 Å². The Morgan fingerprint density at radius 2 is 1.07 bits per heavy atom. The number of ether oxygens (including phenoxy) is 3. The number of unbranched alkanes of at least 4 members (excludes halogenated alkanes) is 7. The maximum atomic E-state index is 11.5. The Hall–Kier alpha value is -0.860. The Balaban J connectivity index is 4.40. The van der Waals surface area contributed by atoms with Crippen LogP contribution >= 0.6 is 22.6 Å². The van der Waals surface area contributed by atoms with Crippen LogP contribution in [0.15, 0.2) is 0 Å². The van der Waals surface area contributed by atoms with Gasteiger partial charge in [-0.05, 0) is 43.0 Å². The average Bonchev–Trinajstić information content (AvgIpc) is 2.61. The Bertz CT molecular complexity index is 441. The first-order valence-electron chi connectivity index (χ1n) is 10.4. The van der Waals surface area contributed by atoms with E-state index in [9.17, 15) is 14.4 Å². The highest BCUT2D eigenvalue weighted by Crippen LogP contribution is 2.20. The van der Waals surface area contributed by atoms with E-state index in [1.165, 1.54) is 44.5 Å². The van der Waals surface area contributed by atoms with Crippen LogP contribution in [0, 0.1) is 0 Å². The third-order valence-electron chi connectivity index (χ3n) is 4.36. The zero-order valence-electron chi connectivity index (χ0n) is 17.7. The van der Waals surface area contributed by atoms with Gasteiger partial charge in [-0.1, -0.05) is 54.7 Å². The summed E-state index contributed by atoms with van der Waals surface area (Å²) in [6.45, 7) is 4.63. The van der Waals surface area contributed by atoms with Gasteiger partial charge in [-0.25, -0.2) is 0 Å². The monoisotopic (exact) mass is 512 g/mol. The molecule has 28 heavy (non-hydrogen) atoms. The van der Waals surface area contributed by atoms with Gasteiger partial charge >= 0.3 is 17.9 Å². The third-order valence-corrected chi connectivity index (χ3v) is 5.12. The van der Waals surface area contributed by atoms with Crippen molar-refractivity contribution in [1.82, 2.24) is 0 Å². The van der Waals surface area contributed by atoms with Gasteiger partial charge < -0.3 is 14.2 Å². The van der Waals surface area contributed by atoms with Gasteiger partial charge in [0.15, 0.2) is 0 Å². The largest absolute Gasteiger partial charge is 0.466 e. The molecular formula is C21H37IO6. The molecule has 0 radical (unpaired) electrons. The van der Waals surface area contributed by atoms with E-state index in [0.29, 0.717) is 19.4 Å². The summed E-state index contributed by atoms with van der Waals surface area (Å²) >= 11 is 2.39. The zero-order chi connectivity index (χ0) is 21.2. The number of hydrogen-bond acceptors (Lipinski definition) is 6. The lowest BCUT2D eigenvalue weighted by Gasteiger charge is -2.26. The number of carbonyl (C=O) groups is 3. The fraction of sp³-hybridized carbons (Fsp3) is 0.857. The van der Waals surface area contributed by atoms with E-state index < -0.39 is 6.10 Å². The maximum absolute atomic E-state index is 11.5. The second-order valence-corrected chi connectivity index (χ2v) is 8.16. The number of rotatable bonds is 17. The summed E-state index contributed by atoms with van der Waals surface area (Å²) in [5.74, 6) is -0.944. The van der Waals surface area contributed by atoms with Crippen LogP contribution in [0.25, 0.3) is 0 Å². The van der Waals surface area contributed by atoms with Gasteiger partial charge in [0.2, 0.25) is 0 Å². The van der Waals surface area contributed by atoms with Gasteiger partial charge in [0.05, 0.1) is 6.61 Å². The van der Waals surface area contributed by atoms with Gasteiger partial charge in [-0.3, -0.25) is 14.4 Å². The van der Waals surface area contributed by atoms with E-state index in [0.717, 1.165) is 38.5 Å². The van der Waals surface area contributed by atoms with Crippen molar-refractivity contribution in [3.63, 3.8) is 0 Å². The zero-order valence-corrected chi connectivity index (χ0v) is 19.8. The molecule has 0 N–H and O–H groups in total. The first-order chi connectivity index (χ1) is 13.4. The summed E-state index contributed by atoms with van der Waals surface area (Å²) in [6, 6.07) is 0. The lowest BCUT2D eigenvalue weighted by atomic mass is 9.99. The van der Waals surface area contributed by atoms with Crippen molar-refractivity contribution in [2.24, 2.45) is 0 Å². The molecule has 0 aliphatic rings. The topological polar surface area (TPSA) is 78.9 Å². The molecule has 0 fully saturated rings. The number of esters is 3. The lowest BCUT2D eigenvalue weighted by molar-refractivity contribution is -0.166. The van der Waals surface area contributed by atoms with Crippen molar-refractivity contribution in [2.75, 3.05) is 11.0 Å². The van der Waals surface area contributed by atoms with Gasteiger partial charge in [-0.15, -0.1) is 0 Å². The molecule has 0 aromatic carbocycles. The molecular weight excluding hydrogens is 475 g/mol. The molecule has 0 rings (SSSR count). The molecule has 2 atom stereocenters. The van der Waals surface area contributed by atoms with Crippen LogP contribution in [0.5, 0.6) is 0 Å². The molecule has 0 unspecified atom stereocenters. The molecule has 0 bridgehead atoms. The van der Waals surface area contributed by atoms with Gasteiger partial charge in [0.25, 0.3) is 0 Å². The summed E-state index contributed by atoms with van der Waals surface area (Å²) in [6.07, 6.45) is 9.87. The van der Waals surface area contributed by atoms with Gasteiger partial charge in [0, 0.05) is 20.8 Å². The van der Waals surface area contributed by atoms with Crippen LogP contribution in [-0.4, -0.2) is 41.2 Å². The first kappa shape index (κ1) is 27.1. The molecule has 0 heterocycles. The molecule has 0 aliphatic carbocycles. The Morgan fingerprint density at radius 3 is 1.50 bits per heavy atom. The van der Waals surface area contributed by atoms with Crippen molar-refractivity contribution >= 4 is 40.5 Å². The Labute approximate surface area is 183 Å². The normalized spacial score (nSPS) is 12.9. The van der Waals surface area contributed by atoms with Crippen LogP contribution in [0.1, 0.15) is 91.4 Å². The van der Waals surface area contributed by atoms with Crippen LogP contribution in [0.4, 0.5) is 0 Å². The van der Waals surface area contributed by atoms with Crippen LogP contribution < -0.4 is 0 Å². The first-order valence-corrected chi connectivity index (χ1v) is 11.9. The molecule has 0 amide bonds. The minimum absolute atomic E-state index is 0.256. The van der Waals surface area contributed by atoms with Crippen molar-refractivity contribution in [2.45, 2.75) is 104 Å². The molecule has 7 heteroatoms. The van der Waals surface area contributed by atoms with E-state index in [1.54, 1.807) is 0 Å². The van der Waals surface area contributed by atoms with E-state index in [-0.39, 0.29) is 24.0 Å². The highest BCUT2D eigenvalue weighted by molar-refractivity contribution is 14.1. The highest BCUT2D eigenvalue weighted by atomic mass is 127. The second-order valence-electron chi connectivity index (χ2n) is 7.08. The van der Waals surface area contributed by atoms with Crippen LogP contribution in [-0.2, 0) is 28.6 Å². The molecule has 0 saturated heterocycles. The van der Waals surface area contributed by atoms with Crippen LogP contribution in [0.2, 0.25) is 0 Å². The summed E-state index contributed by atoms with van der Waals surface area (Å²) in [7, 11) is 0. The van der Waals surface area contributed by atoms with Crippen molar-refractivity contribution in [1.29, 1.82) is 0 Å². The summed E-state index contributed by atoms with van der Waals surface area (Å²) in [4.78, 5) is 33.8. The number of alkyl halides is 1. The molecule has 0 aromatic rings. The number of carbonyl (C=O) groups excluding carboxylic acids is 3. The molecule has 0 spiro atoms. The van der Waals surface area contributed by atoms with E-state index in [1.807, 2.05) is 0 Å². The molecule has 0 aliphatic heterocycles. The van der Waals surface area contributed by atoms with Crippen molar-refractivity contribution < 1.29 is 28.6 Å². The van der Waals surface area contributed by atoms with Crippen LogP contribution in [0.3, 0.4) is 0 Å². The average molecular weight is 512 g/mol. The standard InChI is InChI=1S/C21H37IO6/c1-17(23)26-16-12-8-6-10-14-21(28-19(3)25)20(27-18(2)24)13-9-5-4-7-11-15-22/h20-21H,4-16H2,1-3H3/t20-,21-/m0/s1. The SMILES string of the molecule is CC(=O)OCCCCCC[C@H](OC(C)=O)[C@H](CCCCCCCI)OC(C)=O. The lowest BCUT2D eigenvalue weighted by Crippen LogP contribution is -2.34. The fourth-order valence-corrected chi connectivity index (χ4v) is 3.59. The Morgan fingerprint density at radius 1 is 0.643 bits per heavy atom. The van der Waals surface area contributed by atoms with Crippen molar-refractivity contribution in [3.8, 4) is 0 Å². The van der Waals surface area contributed by atoms with Gasteiger partial charge in [0.1, 0.15) is 12.2 Å². The van der Waals surface area contributed by atoms with E-state index in [2.05, 4.69) is 22.6 Å².